The van der Waals surface area contributed by atoms with E-state index in [1.807, 2.05) is 54.6 Å². The van der Waals surface area contributed by atoms with E-state index in [2.05, 4.69) is 5.32 Å². The van der Waals surface area contributed by atoms with Crippen molar-refractivity contribution in [2.24, 2.45) is 0 Å². The highest BCUT2D eigenvalue weighted by molar-refractivity contribution is 5.47. The molecule has 0 saturated carbocycles. The van der Waals surface area contributed by atoms with Gasteiger partial charge in [-0.2, -0.15) is 0 Å². The fraction of sp³-hybridized carbons (Fsp3) is 0.250. The molecule has 0 spiro atoms. The van der Waals surface area contributed by atoms with Crippen LogP contribution in [0.4, 0.5) is 5.69 Å². The molecule has 0 atom stereocenters. The van der Waals surface area contributed by atoms with Crippen LogP contribution < -0.4 is 10.1 Å². The Morgan fingerprint density at radius 2 is 1.45 bits per heavy atom. The first kappa shape index (κ1) is 14.4. The van der Waals surface area contributed by atoms with E-state index in [-0.39, 0.29) is 6.29 Å². The van der Waals surface area contributed by atoms with Gasteiger partial charge >= 0.3 is 0 Å². The summed E-state index contributed by atoms with van der Waals surface area (Å²) in [5.74, 6) is 1.63. The van der Waals surface area contributed by atoms with Crippen molar-refractivity contribution < 1.29 is 14.2 Å². The van der Waals surface area contributed by atoms with Gasteiger partial charge in [-0.05, 0) is 36.4 Å². The highest BCUT2D eigenvalue weighted by Crippen LogP contribution is 2.22. The Bertz CT molecular complexity index is 495. The third kappa shape index (κ3) is 4.26. The van der Waals surface area contributed by atoms with Crippen LogP contribution in [0.2, 0.25) is 0 Å². The fourth-order valence-corrected chi connectivity index (χ4v) is 1.73. The lowest BCUT2D eigenvalue weighted by atomic mass is 10.3. The molecule has 0 aliphatic carbocycles. The molecule has 20 heavy (non-hydrogen) atoms. The maximum atomic E-state index is 5.72. The van der Waals surface area contributed by atoms with Crippen LogP contribution in [0.5, 0.6) is 11.5 Å². The SMILES string of the molecule is COC(CNc1ccc(Oc2ccccc2)cc1)OC. The normalized spacial score (nSPS) is 10.6. The fourth-order valence-electron chi connectivity index (χ4n) is 1.73. The topological polar surface area (TPSA) is 39.7 Å². The molecule has 0 amide bonds. The van der Waals surface area contributed by atoms with E-state index in [1.54, 1.807) is 14.2 Å². The van der Waals surface area contributed by atoms with Crippen LogP contribution in [0.1, 0.15) is 0 Å². The van der Waals surface area contributed by atoms with E-state index in [1.165, 1.54) is 0 Å². The van der Waals surface area contributed by atoms with E-state index in [0.29, 0.717) is 6.54 Å². The molecule has 2 rings (SSSR count). The third-order valence-electron chi connectivity index (χ3n) is 2.83. The number of ether oxygens (including phenoxy) is 3. The smallest absolute Gasteiger partial charge is 0.173 e. The van der Waals surface area contributed by atoms with Crippen molar-refractivity contribution >= 4 is 5.69 Å². The zero-order valence-corrected chi connectivity index (χ0v) is 11.7. The number of benzene rings is 2. The van der Waals surface area contributed by atoms with Crippen molar-refractivity contribution in [2.45, 2.75) is 6.29 Å². The van der Waals surface area contributed by atoms with Gasteiger partial charge in [0.2, 0.25) is 0 Å². The summed E-state index contributed by atoms with van der Waals surface area (Å²) in [6.07, 6.45) is -0.254. The predicted octanol–water partition coefficient (Wildman–Crippen LogP) is 3.51. The average molecular weight is 273 g/mol. The van der Waals surface area contributed by atoms with E-state index in [9.17, 15) is 0 Å². The molecule has 0 radical (unpaired) electrons. The second-order valence-corrected chi connectivity index (χ2v) is 4.22. The average Bonchev–Trinajstić information content (AvgIpc) is 2.51. The van der Waals surface area contributed by atoms with Crippen LogP contribution in [0.15, 0.2) is 54.6 Å². The summed E-state index contributed by atoms with van der Waals surface area (Å²) >= 11 is 0. The Labute approximate surface area is 119 Å². The molecule has 0 aromatic heterocycles. The van der Waals surface area contributed by atoms with E-state index >= 15 is 0 Å². The van der Waals surface area contributed by atoms with Gasteiger partial charge in [-0.3, -0.25) is 0 Å². The van der Waals surface area contributed by atoms with Gasteiger partial charge in [-0.15, -0.1) is 0 Å². The van der Waals surface area contributed by atoms with Gasteiger partial charge in [0.15, 0.2) is 6.29 Å². The molecule has 0 aliphatic rings. The Morgan fingerprint density at radius 1 is 0.850 bits per heavy atom. The number of nitrogens with one attached hydrogen (secondary N) is 1. The highest BCUT2D eigenvalue weighted by Gasteiger charge is 2.04. The number of rotatable bonds is 7. The third-order valence-corrected chi connectivity index (χ3v) is 2.83. The van der Waals surface area contributed by atoms with E-state index in [0.717, 1.165) is 17.2 Å². The van der Waals surface area contributed by atoms with Crippen molar-refractivity contribution in [3.8, 4) is 11.5 Å². The Hall–Kier alpha value is -2.04. The minimum absolute atomic E-state index is 0.254. The molecule has 0 saturated heterocycles. The molecule has 0 unspecified atom stereocenters. The van der Waals surface area contributed by atoms with Crippen LogP contribution in [0, 0.1) is 0 Å². The Morgan fingerprint density at radius 3 is 2.05 bits per heavy atom. The zero-order chi connectivity index (χ0) is 14.2. The molecule has 4 nitrogen and oxygen atoms in total. The first-order chi connectivity index (χ1) is 9.81. The van der Waals surface area contributed by atoms with Crippen molar-refractivity contribution in [1.82, 2.24) is 0 Å². The number of para-hydroxylation sites is 1. The maximum Gasteiger partial charge on any atom is 0.173 e. The Balaban J connectivity index is 1.90. The second-order valence-electron chi connectivity index (χ2n) is 4.22. The molecule has 0 heterocycles. The Kier molecular flexibility index (Phi) is 5.41. The van der Waals surface area contributed by atoms with Gasteiger partial charge in [-0.1, -0.05) is 18.2 Å². The van der Waals surface area contributed by atoms with Gasteiger partial charge in [0.05, 0.1) is 6.54 Å². The first-order valence-corrected chi connectivity index (χ1v) is 6.44. The monoisotopic (exact) mass is 273 g/mol. The summed E-state index contributed by atoms with van der Waals surface area (Å²) in [6, 6.07) is 17.5. The van der Waals surface area contributed by atoms with Crippen LogP contribution in [-0.4, -0.2) is 27.1 Å². The predicted molar refractivity (Wildman–Crippen MR) is 79.3 cm³/mol. The maximum absolute atomic E-state index is 5.72. The molecule has 2 aromatic rings. The summed E-state index contributed by atoms with van der Waals surface area (Å²) in [5, 5.41) is 3.23. The standard InChI is InChI=1S/C16H19NO3/c1-18-16(19-2)12-17-13-8-10-15(11-9-13)20-14-6-4-3-5-7-14/h3-11,16-17H,12H2,1-2H3. The molecular weight excluding hydrogens is 254 g/mol. The molecule has 4 heteroatoms. The van der Waals surface area contributed by atoms with Crippen molar-refractivity contribution in [1.29, 1.82) is 0 Å². The lowest BCUT2D eigenvalue weighted by Crippen LogP contribution is -2.23. The van der Waals surface area contributed by atoms with Crippen molar-refractivity contribution in [2.75, 3.05) is 26.1 Å². The van der Waals surface area contributed by atoms with E-state index in [4.69, 9.17) is 14.2 Å². The van der Waals surface area contributed by atoms with E-state index < -0.39 is 0 Å². The second kappa shape index (κ2) is 7.53. The summed E-state index contributed by atoms with van der Waals surface area (Å²) in [6.45, 7) is 0.589. The number of anilines is 1. The minimum atomic E-state index is -0.254. The van der Waals surface area contributed by atoms with Gasteiger partial charge in [-0.25, -0.2) is 0 Å². The lowest BCUT2D eigenvalue weighted by Gasteiger charge is -2.15. The molecule has 0 bridgehead atoms. The summed E-state index contributed by atoms with van der Waals surface area (Å²) in [7, 11) is 3.24. The number of methoxy groups -OCH3 is 2. The van der Waals surface area contributed by atoms with Gasteiger partial charge in [0, 0.05) is 19.9 Å². The first-order valence-electron chi connectivity index (χ1n) is 6.44. The molecular formula is C16H19NO3. The molecule has 2 aromatic carbocycles. The molecule has 0 fully saturated rings. The molecule has 106 valence electrons. The summed E-state index contributed by atoms with van der Waals surface area (Å²) in [4.78, 5) is 0. The van der Waals surface area contributed by atoms with Gasteiger partial charge < -0.3 is 19.5 Å². The van der Waals surface area contributed by atoms with Crippen LogP contribution in [0.25, 0.3) is 0 Å². The van der Waals surface area contributed by atoms with Gasteiger partial charge in [0.25, 0.3) is 0 Å². The van der Waals surface area contributed by atoms with Crippen LogP contribution in [-0.2, 0) is 9.47 Å². The summed E-state index contributed by atoms with van der Waals surface area (Å²) in [5.41, 5.74) is 0.990. The van der Waals surface area contributed by atoms with Gasteiger partial charge in [0.1, 0.15) is 11.5 Å². The zero-order valence-electron chi connectivity index (χ0n) is 11.7. The molecule has 0 aliphatic heterocycles. The van der Waals surface area contributed by atoms with Crippen LogP contribution >= 0.6 is 0 Å². The van der Waals surface area contributed by atoms with Crippen LogP contribution in [0.3, 0.4) is 0 Å². The largest absolute Gasteiger partial charge is 0.457 e. The van der Waals surface area contributed by atoms with Crippen molar-refractivity contribution in [3.63, 3.8) is 0 Å². The molecule has 1 N–H and O–H groups in total. The number of hydrogen-bond donors (Lipinski definition) is 1. The number of hydrogen-bond acceptors (Lipinski definition) is 4. The van der Waals surface area contributed by atoms with Crippen molar-refractivity contribution in [3.05, 3.63) is 54.6 Å². The minimum Gasteiger partial charge on any atom is -0.457 e. The highest BCUT2D eigenvalue weighted by atomic mass is 16.7. The lowest BCUT2D eigenvalue weighted by molar-refractivity contribution is -0.0914. The quantitative estimate of drug-likeness (QED) is 0.784. The summed E-state index contributed by atoms with van der Waals surface area (Å²) < 4.78 is 16.0.